The maximum absolute atomic E-state index is 12.6. The van der Waals surface area contributed by atoms with Crippen LogP contribution in [0.3, 0.4) is 0 Å². The summed E-state index contributed by atoms with van der Waals surface area (Å²) in [6.45, 7) is 2.57. The lowest BCUT2D eigenvalue weighted by atomic mass is 10.1. The summed E-state index contributed by atoms with van der Waals surface area (Å²) >= 11 is 0. The van der Waals surface area contributed by atoms with Gasteiger partial charge in [-0.15, -0.1) is 0 Å². The lowest BCUT2D eigenvalue weighted by molar-refractivity contribution is -0.144. The third kappa shape index (κ3) is 4.29. The zero-order valence-corrected chi connectivity index (χ0v) is 12.5. The Balaban J connectivity index is 2.10. The Morgan fingerprint density at radius 3 is 2.71 bits per heavy atom. The number of carbonyl (C=O) groups is 2. The fourth-order valence-electron chi connectivity index (χ4n) is 2.23. The highest BCUT2D eigenvalue weighted by molar-refractivity contribution is 5.96. The summed E-state index contributed by atoms with van der Waals surface area (Å²) in [6, 6.07) is 7.48. The predicted octanol–water partition coefficient (Wildman–Crippen LogP) is 2.00. The molecule has 0 bridgehead atoms. The molecule has 5 heteroatoms. The SMILES string of the molecule is CCOC(=O)CN(C(=O)c1cccc(COC)c1)C1CC1. The van der Waals surface area contributed by atoms with E-state index in [1.807, 2.05) is 18.2 Å². The van der Waals surface area contributed by atoms with Crippen molar-refractivity contribution in [1.82, 2.24) is 4.90 Å². The van der Waals surface area contributed by atoms with Gasteiger partial charge in [0.2, 0.25) is 0 Å². The van der Waals surface area contributed by atoms with E-state index in [9.17, 15) is 9.59 Å². The molecule has 21 heavy (non-hydrogen) atoms. The van der Waals surface area contributed by atoms with Crippen molar-refractivity contribution >= 4 is 11.9 Å². The summed E-state index contributed by atoms with van der Waals surface area (Å²) in [5.74, 6) is -0.477. The van der Waals surface area contributed by atoms with Gasteiger partial charge >= 0.3 is 5.97 Å². The van der Waals surface area contributed by atoms with Crippen molar-refractivity contribution in [3.8, 4) is 0 Å². The van der Waals surface area contributed by atoms with Gasteiger partial charge in [0, 0.05) is 18.7 Å². The summed E-state index contributed by atoms with van der Waals surface area (Å²) in [5.41, 5.74) is 1.52. The first-order chi connectivity index (χ1) is 10.2. The fraction of sp³-hybridized carbons (Fsp3) is 0.500. The van der Waals surface area contributed by atoms with Crippen LogP contribution in [0.5, 0.6) is 0 Å². The van der Waals surface area contributed by atoms with Crippen LogP contribution in [0.2, 0.25) is 0 Å². The lowest BCUT2D eigenvalue weighted by Crippen LogP contribution is -2.38. The van der Waals surface area contributed by atoms with Crippen molar-refractivity contribution in [3.05, 3.63) is 35.4 Å². The Hall–Kier alpha value is -1.88. The standard InChI is InChI=1S/C16H21NO4/c1-3-21-15(18)10-17(14-7-8-14)16(19)13-6-4-5-12(9-13)11-20-2/h4-6,9,14H,3,7-8,10-11H2,1-2H3. The molecule has 1 aromatic rings. The molecule has 2 rings (SSSR count). The number of carbonyl (C=O) groups excluding carboxylic acids is 2. The average molecular weight is 291 g/mol. The minimum atomic E-state index is -0.356. The molecule has 0 aliphatic heterocycles. The number of rotatable bonds is 7. The van der Waals surface area contributed by atoms with E-state index in [1.54, 1.807) is 25.0 Å². The second-order valence-corrected chi connectivity index (χ2v) is 5.10. The second kappa shape index (κ2) is 7.22. The van der Waals surface area contributed by atoms with Gasteiger partial charge < -0.3 is 14.4 Å². The fourth-order valence-corrected chi connectivity index (χ4v) is 2.23. The van der Waals surface area contributed by atoms with E-state index < -0.39 is 0 Å². The molecule has 114 valence electrons. The topological polar surface area (TPSA) is 55.8 Å². The monoisotopic (exact) mass is 291 g/mol. The molecule has 0 saturated heterocycles. The maximum Gasteiger partial charge on any atom is 0.325 e. The van der Waals surface area contributed by atoms with E-state index in [0.29, 0.717) is 18.8 Å². The van der Waals surface area contributed by atoms with Crippen LogP contribution < -0.4 is 0 Å². The zero-order valence-electron chi connectivity index (χ0n) is 12.5. The van der Waals surface area contributed by atoms with Gasteiger partial charge in [-0.05, 0) is 37.5 Å². The van der Waals surface area contributed by atoms with Crippen LogP contribution in [0.4, 0.5) is 0 Å². The van der Waals surface area contributed by atoms with Crippen molar-refractivity contribution < 1.29 is 19.1 Å². The Morgan fingerprint density at radius 2 is 2.10 bits per heavy atom. The highest BCUT2D eigenvalue weighted by Crippen LogP contribution is 2.28. The van der Waals surface area contributed by atoms with Crippen molar-refractivity contribution in [1.29, 1.82) is 0 Å². The lowest BCUT2D eigenvalue weighted by Gasteiger charge is -2.21. The molecule has 1 aliphatic rings. The van der Waals surface area contributed by atoms with Crippen LogP contribution in [0.25, 0.3) is 0 Å². The molecule has 0 unspecified atom stereocenters. The number of amides is 1. The molecule has 0 atom stereocenters. The van der Waals surface area contributed by atoms with Gasteiger partial charge in [0.05, 0.1) is 13.2 Å². The first kappa shape index (κ1) is 15.5. The average Bonchev–Trinajstić information content (AvgIpc) is 3.30. The van der Waals surface area contributed by atoms with E-state index in [1.165, 1.54) is 0 Å². The van der Waals surface area contributed by atoms with E-state index in [0.717, 1.165) is 18.4 Å². The Kier molecular flexibility index (Phi) is 5.33. The largest absolute Gasteiger partial charge is 0.465 e. The first-order valence-corrected chi connectivity index (χ1v) is 7.20. The van der Waals surface area contributed by atoms with Crippen LogP contribution in [-0.2, 0) is 20.9 Å². The highest BCUT2D eigenvalue weighted by Gasteiger charge is 2.34. The summed E-state index contributed by atoms with van der Waals surface area (Å²) in [6.07, 6.45) is 1.89. The minimum Gasteiger partial charge on any atom is -0.465 e. The summed E-state index contributed by atoms with van der Waals surface area (Å²) in [5, 5.41) is 0. The first-order valence-electron chi connectivity index (χ1n) is 7.20. The van der Waals surface area contributed by atoms with Gasteiger partial charge in [-0.2, -0.15) is 0 Å². The van der Waals surface area contributed by atoms with Gasteiger partial charge in [0.25, 0.3) is 5.91 Å². The van der Waals surface area contributed by atoms with Crippen molar-refractivity contribution in [2.75, 3.05) is 20.3 Å². The van der Waals surface area contributed by atoms with Crippen molar-refractivity contribution in [2.24, 2.45) is 0 Å². The Morgan fingerprint density at radius 1 is 1.33 bits per heavy atom. The normalized spacial score (nSPS) is 13.8. The van der Waals surface area contributed by atoms with Gasteiger partial charge in [0.15, 0.2) is 0 Å². The van der Waals surface area contributed by atoms with Crippen LogP contribution in [0.1, 0.15) is 35.7 Å². The van der Waals surface area contributed by atoms with E-state index in [-0.39, 0.29) is 24.5 Å². The highest BCUT2D eigenvalue weighted by atomic mass is 16.5. The van der Waals surface area contributed by atoms with Gasteiger partial charge in [-0.25, -0.2) is 0 Å². The molecule has 0 radical (unpaired) electrons. The van der Waals surface area contributed by atoms with E-state index >= 15 is 0 Å². The van der Waals surface area contributed by atoms with Crippen LogP contribution in [-0.4, -0.2) is 43.1 Å². The predicted molar refractivity (Wildman–Crippen MR) is 77.8 cm³/mol. The molecule has 0 spiro atoms. The Bertz CT molecular complexity index is 511. The van der Waals surface area contributed by atoms with Gasteiger partial charge in [-0.1, -0.05) is 12.1 Å². The number of ether oxygens (including phenoxy) is 2. The number of nitrogens with zero attached hydrogens (tertiary/aromatic N) is 1. The zero-order chi connectivity index (χ0) is 15.2. The third-order valence-corrected chi connectivity index (χ3v) is 3.34. The minimum absolute atomic E-state index is 0.0197. The third-order valence-electron chi connectivity index (χ3n) is 3.34. The molecule has 1 aromatic carbocycles. The molecule has 5 nitrogen and oxygen atoms in total. The quantitative estimate of drug-likeness (QED) is 0.721. The number of methoxy groups -OCH3 is 1. The number of benzene rings is 1. The van der Waals surface area contributed by atoms with Crippen molar-refractivity contribution in [2.45, 2.75) is 32.4 Å². The summed E-state index contributed by atoms with van der Waals surface area (Å²) in [7, 11) is 1.62. The van der Waals surface area contributed by atoms with Crippen LogP contribution in [0, 0.1) is 0 Å². The summed E-state index contributed by atoms with van der Waals surface area (Å²) < 4.78 is 10.0. The molecular formula is C16H21NO4. The van der Waals surface area contributed by atoms with Crippen LogP contribution >= 0.6 is 0 Å². The smallest absolute Gasteiger partial charge is 0.325 e. The van der Waals surface area contributed by atoms with Crippen molar-refractivity contribution in [3.63, 3.8) is 0 Å². The molecule has 1 saturated carbocycles. The molecule has 0 N–H and O–H groups in total. The molecule has 0 heterocycles. The van der Waals surface area contributed by atoms with Crippen LogP contribution in [0.15, 0.2) is 24.3 Å². The molecular weight excluding hydrogens is 270 g/mol. The Labute approximate surface area is 124 Å². The second-order valence-electron chi connectivity index (χ2n) is 5.10. The van der Waals surface area contributed by atoms with Gasteiger partial charge in [0.1, 0.15) is 6.54 Å². The van der Waals surface area contributed by atoms with Gasteiger partial charge in [-0.3, -0.25) is 9.59 Å². The molecule has 0 aromatic heterocycles. The molecule has 1 amide bonds. The van der Waals surface area contributed by atoms with E-state index in [2.05, 4.69) is 0 Å². The number of esters is 1. The molecule has 1 aliphatic carbocycles. The number of hydrogen-bond donors (Lipinski definition) is 0. The molecule has 1 fully saturated rings. The van der Waals surface area contributed by atoms with E-state index in [4.69, 9.17) is 9.47 Å². The summed E-state index contributed by atoms with van der Waals surface area (Å²) in [4.78, 5) is 25.9. The maximum atomic E-state index is 12.6. The number of hydrogen-bond acceptors (Lipinski definition) is 4.